The molecule has 16 heavy (non-hydrogen) atoms. The summed E-state index contributed by atoms with van der Waals surface area (Å²) in [5.41, 5.74) is 0. The molecule has 5 heteroatoms. The maximum absolute atomic E-state index is 4.54. The first kappa shape index (κ1) is 11.1. The van der Waals surface area contributed by atoms with Gasteiger partial charge >= 0.3 is 104 Å². The summed E-state index contributed by atoms with van der Waals surface area (Å²) in [4.78, 5) is 2.49. The molecule has 0 saturated carbocycles. The van der Waals surface area contributed by atoms with Gasteiger partial charge in [0.15, 0.2) is 0 Å². The average molecular weight is 334 g/mol. The monoisotopic (exact) mass is 334 g/mol. The molecule has 2 saturated heterocycles. The molecular weight excluding hydrogens is 315 g/mol. The number of hydrogen-bond donors (Lipinski definition) is 1. The van der Waals surface area contributed by atoms with E-state index in [9.17, 15) is 0 Å². The van der Waals surface area contributed by atoms with Crippen LogP contribution in [-0.4, -0.2) is 45.6 Å². The summed E-state index contributed by atoms with van der Waals surface area (Å²) >= 11 is -0.679. The van der Waals surface area contributed by atoms with Gasteiger partial charge in [0.25, 0.3) is 0 Å². The van der Waals surface area contributed by atoms with Gasteiger partial charge in [0.05, 0.1) is 0 Å². The molecular formula is C11H19IN4. The molecule has 1 N–H and O–H groups in total. The van der Waals surface area contributed by atoms with Gasteiger partial charge in [-0.25, -0.2) is 0 Å². The Morgan fingerprint density at radius 1 is 1.50 bits per heavy atom. The first-order chi connectivity index (χ1) is 7.84. The summed E-state index contributed by atoms with van der Waals surface area (Å²) in [5, 5.41) is 12.4. The Bertz CT molecular complexity index is 324. The molecule has 90 valence electrons. The summed E-state index contributed by atoms with van der Waals surface area (Å²) in [7, 11) is 0. The van der Waals surface area contributed by atoms with E-state index in [1.807, 2.05) is 0 Å². The number of azo groups is 1. The van der Waals surface area contributed by atoms with E-state index in [4.69, 9.17) is 0 Å². The zero-order valence-corrected chi connectivity index (χ0v) is 11.9. The van der Waals surface area contributed by atoms with Crippen LogP contribution in [0.15, 0.2) is 20.0 Å². The number of nitrogens with one attached hydrogen (secondary N) is 1. The van der Waals surface area contributed by atoms with Gasteiger partial charge in [0.1, 0.15) is 0 Å². The fourth-order valence-electron chi connectivity index (χ4n) is 2.31. The first-order valence-corrected chi connectivity index (χ1v) is 10.2. The second-order valence-corrected chi connectivity index (χ2v) is 10.5. The van der Waals surface area contributed by atoms with Crippen molar-refractivity contribution in [1.82, 2.24) is 10.2 Å². The van der Waals surface area contributed by atoms with Crippen molar-refractivity contribution in [2.24, 2.45) is 10.2 Å². The van der Waals surface area contributed by atoms with Crippen LogP contribution in [0.5, 0.6) is 0 Å². The minimum atomic E-state index is -0.679. The SMILES string of the molecule is C[C@H]1CNCCN1C1CC=C(I2CC2)N=N1. The molecule has 0 amide bonds. The topological polar surface area (TPSA) is 40.0 Å². The Morgan fingerprint density at radius 3 is 3.00 bits per heavy atom. The number of alkyl halides is 2. The van der Waals surface area contributed by atoms with Crippen molar-refractivity contribution in [1.29, 1.82) is 0 Å². The summed E-state index contributed by atoms with van der Waals surface area (Å²) in [6, 6.07) is 0.590. The predicted octanol–water partition coefficient (Wildman–Crippen LogP) is 1.82. The average Bonchev–Trinajstić information content (AvgIpc) is 3.14. The van der Waals surface area contributed by atoms with Crippen LogP contribution in [-0.2, 0) is 0 Å². The standard InChI is InChI=1S/C11H19IN4/c1-9-8-13-6-7-16(9)11-3-2-10(14-15-11)12-4-5-12/h2,9,11,13H,3-8H2,1H3/t9-,11?/m0/s1. The van der Waals surface area contributed by atoms with Crippen molar-refractivity contribution in [3.05, 3.63) is 9.78 Å². The van der Waals surface area contributed by atoms with E-state index in [1.54, 1.807) is 0 Å². The van der Waals surface area contributed by atoms with Gasteiger partial charge in [0.2, 0.25) is 0 Å². The normalized spacial score (nSPS) is 37.3. The van der Waals surface area contributed by atoms with Crippen molar-refractivity contribution in [2.45, 2.75) is 25.6 Å². The second kappa shape index (κ2) is 4.70. The van der Waals surface area contributed by atoms with Crippen molar-refractivity contribution >= 4 is 19.8 Å². The van der Waals surface area contributed by atoms with Crippen molar-refractivity contribution in [2.75, 3.05) is 28.5 Å². The number of hydrogen-bond acceptors (Lipinski definition) is 4. The minimum absolute atomic E-state index is 0.316. The van der Waals surface area contributed by atoms with E-state index in [0.717, 1.165) is 26.1 Å². The number of nitrogens with zero attached hydrogens (tertiary/aromatic N) is 3. The maximum atomic E-state index is 4.54. The van der Waals surface area contributed by atoms with E-state index < -0.39 is 19.8 Å². The van der Waals surface area contributed by atoms with Crippen LogP contribution in [0.4, 0.5) is 0 Å². The van der Waals surface area contributed by atoms with E-state index in [-0.39, 0.29) is 0 Å². The Labute approximate surface area is 104 Å². The van der Waals surface area contributed by atoms with E-state index >= 15 is 0 Å². The fourth-order valence-corrected chi connectivity index (χ4v) is 6.29. The number of rotatable bonds is 2. The molecule has 3 rings (SSSR count). The van der Waals surface area contributed by atoms with Gasteiger partial charge in [-0.05, 0) is 0 Å². The Balaban J connectivity index is 1.62. The molecule has 0 spiro atoms. The molecule has 3 heterocycles. The molecule has 4 nitrogen and oxygen atoms in total. The van der Waals surface area contributed by atoms with Gasteiger partial charge in [0, 0.05) is 0 Å². The van der Waals surface area contributed by atoms with Crippen LogP contribution in [0.1, 0.15) is 13.3 Å². The second-order valence-electron chi connectivity index (χ2n) is 4.58. The molecule has 0 bridgehead atoms. The quantitative estimate of drug-likeness (QED) is 0.475. The zero-order chi connectivity index (χ0) is 11.0. The van der Waals surface area contributed by atoms with E-state index in [2.05, 4.69) is 33.4 Å². The van der Waals surface area contributed by atoms with Crippen molar-refractivity contribution < 1.29 is 0 Å². The summed E-state index contributed by atoms with van der Waals surface area (Å²) in [6.45, 7) is 5.56. The van der Waals surface area contributed by atoms with Crippen LogP contribution < -0.4 is 5.32 Å². The third-order valence-electron chi connectivity index (χ3n) is 3.37. The molecule has 0 aromatic rings. The molecule has 3 aliphatic heterocycles. The molecule has 0 aliphatic carbocycles. The van der Waals surface area contributed by atoms with Crippen molar-refractivity contribution in [3.8, 4) is 0 Å². The van der Waals surface area contributed by atoms with E-state index in [1.165, 1.54) is 12.6 Å². The van der Waals surface area contributed by atoms with Gasteiger partial charge in [-0.15, -0.1) is 0 Å². The van der Waals surface area contributed by atoms with Crippen LogP contribution in [0, 0.1) is 0 Å². The Hall–Kier alpha value is -0.0100. The van der Waals surface area contributed by atoms with Gasteiger partial charge in [-0.1, -0.05) is 0 Å². The van der Waals surface area contributed by atoms with Gasteiger partial charge in [-0.3, -0.25) is 0 Å². The zero-order valence-electron chi connectivity index (χ0n) is 9.69. The van der Waals surface area contributed by atoms with Crippen LogP contribution in [0.2, 0.25) is 0 Å². The molecule has 3 aliphatic rings. The van der Waals surface area contributed by atoms with Crippen LogP contribution in [0.25, 0.3) is 0 Å². The fraction of sp³-hybridized carbons (Fsp3) is 0.818. The summed E-state index contributed by atoms with van der Waals surface area (Å²) in [6.07, 6.45) is 3.79. The molecule has 2 atom stereocenters. The molecule has 0 aromatic carbocycles. The molecule has 0 aromatic heterocycles. The van der Waals surface area contributed by atoms with Crippen molar-refractivity contribution in [3.63, 3.8) is 0 Å². The summed E-state index contributed by atoms with van der Waals surface area (Å²) in [5.74, 6) is 0. The van der Waals surface area contributed by atoms with Crippen LogP contribution in [0.3, 0.4) is 0 Å². The summed E-state index contributed by atoms with van der Waals surface area (Å²) < 4.78 is 4.36. The van der Waals surface area contributed by atoms with E-state index in [0.29, 0.717) is 12.2 Å². The van der Waals surface area contributed by atoms with Gasteiger partial charge < -0.3 is 0 Å². The molecule has 1 unspecified atom stereocenters. The third-order valence-corrected chi connectivity index (χ3v) is 7.75. The predicted molar refractivity (Wildman–Crippen MR) is 74.1 cm³/mol. The Kier molecular flexibility index (Phi) is 3.26. The Morgan fingerprint density at radius 2 is 2.38 bits per heavy atom. The van der Waals surface area contributed by atoms with Gasteiger partial charge in [-0.2, -0.15) is 0 Å². The number of halogens is 1. The van der Waals surface area contributed by atoms with Crippen LogP contribution >= 0.6 is 19.8 Å². The first-order valence-electron chi connectivity index (χ1n) is 6.04. The number of piperazine rings is 1. The molecule has 2 fully saturated rings. The third kappa shape index (κ3) is 2.31. The molecule has 0 radical (unpaired) electrons.